The fraction of sp³-hybridized carbons (Fsp3) is 0.750. The molecule has 1 heterocycles. The van der Waals surface area contributed by atoms with Crippen LogP contribution in [0.4, 0.5) is 0 Å². The van der Waals surface area contributed by atoms with Crippen LogP contribution >= 0.6 is 0 Å². The Morgan fingerprint density at radius 3 is 2.47 bits per heavy atom. The monoisotopic (exact) mass is 209 g/mol. The van der Waals surface area contributed by atoms with Crippen LogP contribution in [0.2, 0.25) is 0 Å². The molecule has 3 nitrogen and oxygen atoms in total. The van der Waals surface area contributed by atoms with E-state index < -0.39 is 0 Å². The lowest BCUT2D eigenvalue weighted by atomic mass is 10.0. The van der Waals surface area contributed by atoms with E-state index in [2.05, 4.69) is 37.2 Å². The normalized spacial score (nSPS) is 15.6. The van der Waals surface area contributed by atoms with E-state index in [1.165, 1.54) is 0 Å². The van der Waals surface area contributed by atoms with Gasteiger partial charge in [0.25, 0.3) is 0 Å². The van der Waals surface area contributed by atoms with Crippen LogP contribution in [0.3, 0.4) is 0 Å². The summed E-state index contributed by atoms with van der Waals surface area (Å²) < 4.78 is 2.25. The molecule has 0 aliphatic carbocycles. The molecule has 0 aliphatic rings. The molecule has 15 heavy (non-hydrogen) atoms. The fourth-order valence-electron chi connectivity index (χ4n) is 2.08. The lowest BCUT2D eigenvalue weighted by molar-refractivity contribution is 0.351. The lowest BCUT2D eigenvalue weighted by Gasteiger charge is -2.24. The van der Waals surface area contributed by atoms with E-state index in [0.717, 1.165) is 18.5 Å². The van der Waals surface area contributed by atoms with E-state index >= 15 is 0 Å². The van der Waals surface area contributed by atoms with Gasteiger partial charge in [0.2, 0.25) is 0 Å². The standard InChI is InChI=1S/C12H23N3/c1-5-10(13)12-7-14-8-15(12)11(6-2)9(3)4/h7-11H,5-6,13H2,1-4H3/t10-,11?/m1/s1. The predicted molar refractivity (Wildman–Crippen MR) is 63.6 cm³/mol. The largest absolute Gasteiger partial charge is 0.330 e. The number of nitrogens with zero attached hydrogens (tertiary/aromatic N) is 2. The van der Waals surface area contributed by atoms with Crippen LogP contribution in [0.25, 0.3) is 0 Å². The highest BCUT2D eigenvalue weighted by atomic mass is 15.1. The second-order valence-corrected chi connectivity index (χ2v) is 4.46. The molecule has 1 rings (SSSR count). The van der Waals surface area contributed by atoms with E-state index in [1.807, 2.05) is 12.5 Å². The molecule has 1 aromatic rings. The molecule has 3 heteroatoms. The van der Waals surface area contributed by atoms with E-state index in [9.17, 15) is 0 Å². The Morgan fingerprint density at radius 1 is 1.33 bits per heavy atom. The minimum Gasteiger partial charge on any atom is -0.330 e. The Kier molecular flexibility index (Phi) is 4.33. The van der Waals surface area contributed by atoms with Gasteiger partial charge >= 0.3 is 0 Å². The Morgan fingerprint density at radius 2 is 2.00 bits per heavy atom. The first kappa shape index (κ1) is 12.2. The summed E-state index contributed by atoms with van der Waals surface area (Å²) in [6.45, 7) is 8.81. The van der Waals surface area contributed by atoms with Crippen molar-refractivity contribution in [1.29, 1.82) is 0 Å². The van der Waals surface area contributed by atoms with Crippen LogP contribution in [-0.4, -0.2) is 9.55 Å². The van der Waals surface area contributed by atoms with Gasteiger partial charge in [-0.1, -0.05) is 27.7 Å². The summed E-state index contributed by atoms with van der Waals surface area (Å²) in [5, 5.41) is 0. The predicted octanol–water partition coefficient (Wildman–Crippen LogP) is 2.90. The van der Waals surface area contributed by atoms with Crippen molar-refractivity contribution in [3.8, 4) is 0 Å². The Labute approximate surface area is 92.7 Å². The Hall–Kier alpha value is -0.830. The molecule has 0 radical (unpaired) electrons. The molecule has 1 unspecified atom stereocenters. The zero-order valence-electron chi connectivity index (χ0n) is 10.3. The summed E-state index contributed by atoms with van der Waals surface area (Å²) in [5.41, 5.74) is 7.24. The molecule has 0 amide bonds. The van der Waals surface area contributed by atoms with E-state index in [0.29, 0.717) is 12.0 Å². The molecule has 0 spiro atoms. The van der Waals surface area contributed by atoms with Crippen molar-refractivity contribution < 1.29 is 0 Å². The van der Waals surface area contributed by atoms with Gasteiger partial charge in [-0.15, -0.1) is 0 Å². The van der Waals surface area contributed by atoms with Crippen LogP contribution in [-0.2, 0) is 0 Å². The third kappa shape index (κ3) is 2.59. The van der Waals surface area contributed by atoms with Gasteiger partial charge in [0, 0.05) is 18.3 Å². The summed E-state index contributed by atoms with van der Waals surface area (Å²) in [6.07, 6.45) is 5.90. The van der Waals surface area contributed by atoms with Crippen LogP contribution < -0.4 is 5.73 Å². The SMILES string of the molecule is CCC(C(C)C)n1cncc1[C@H](N)CC. The van der Waals surface area contributed by atoms with Gasteiger partial charge in [0.1, 0.15) is 0 Å². The van der Waals surface area contributed by atoms with Gasteiger partial charge in [-0.25, -0.2) is 4.98 Å². The number of rotatable bonds is 5. The molecule has 0 saturated carbocycles. The summed E-state index contributed by atoms with van der Waals surface area (Å²) in [6, 6.07) is 0.625. The maximum Gasteiger partial charge on any atom is 0.0951 e. The molecular formula is C12H23N3. The second-order valence-electron chi connectivity index (χ2n) is 4.46. The van der Waals surface area contributed by atoms with Crippen molar-refractivity contribution in [3.05, 3.63) is 18.2 Å². The van der Waals surface area contributed by atoms with Gasteiger partial charge < -0.3 is 10.3 Å². The summed E-state index contributed by atoms with van der Waals surface area (Å²) in [7, 11) is 0. The lowest BCUT2D eigenvalue weighted by Crippen LogP contribution is -2.20. The van der Waals surface area contributed by atoms with Crippen molar-refractivity contribution in [2.75, 3.05) is 0 Å². The average Bonchev–Trinajstić information content (AvgIpc) is 2.66. The number of imidazole rings is 1. The highest BCUT2D eigenvalue weighted by molar-refractivity contribution is 5.06. The number of nitrogens with two attached hydrogens (primary N) is 1. The molecule has 0 saturated heterocycles. The maximum absolute atomic E-state index is 6.07. The maximum atomic E-state index is 6.07. The van der Waals surface area contributed by atoms with Crippen LogP contribution in [0.1, 0.15) is 58.3 Å². The van der Waals surface area contributed by atoms with Crippen molar-refractivity contribution in [2.45, 2.75) is 52.6 Å². The second kappa shape index (κ2) is 5.31. The minimum absolute atomic E-state index is 0.111. The zero-order chi connectivity index (χ0) is 11.4. The first-order valence-electron chi connectivity index (χ1n) is 5.89. The third-order valence-electron chi connectivity index (χ3n) is 3.06. The highest BCUT2D eigenvalue weighted by Gasteiger charge is 2.18. The first-order chi connectivity index (χ1) is 7.11. The van der Waals surface area contributed by atoms with Crippen molar-refractivity contribution in [3.63, 3.8) is 0 Å². The molecule has 86 valence electrons. The highest BCUT2D eigenvalue weighted by Crippen LogP contribution is 2.25. The number of hydrogen-bond acceptors (Lipinski definition) is 2. The molecule has 1 aromatic heterocycles. The molecule has 0 bridgehead atoms. The van der Waals surface area contributed by atoms with Crippen LogP contribution in [0, 0.1) is 5.92 Å². The zero-order valence-corrected chi connectivity index (χ0v) is 10.3. The van der Waals surface area contributed by atoms with Crippen LogP contribution in [0.15, 0.2) is 12.5 Å². The number of hydrogen-bond donors (Lipinski definition) is 1. The van der Waals surface area contributed by atoms with Crippen molar-refractivity contribution in [2.24, 2.45) is 11.7 Å². The summed E-state index contributed by atoms with van der Waals surface area (Å²) in [5.74, 6) is 0.618. The Bertz CT molecular complexity index is 291. The molecule has 0 aliphatic heterocycles. The van der Waals surface area contributed by atoms with Gasteiger partial charge in [0.05, 0.1) is 12.0 Å². The fourth-order valence-corrected chi connectivity index (χ4v) is 2.08. The van der Waals surface area contributed by atoms with Crippen molar-refractivity contribution >= 4 is 0 Å². The molecule has 0 aromatic carbocycles. The van der Waals surface area contributed by atoms with Gasteiger partial charge in [-0.3, -0.25) is 0 Å². The minimum atomic E-state index is 0.111. The van der Waals surface area contributed by atoms with Crippen molar-refractivity contribution in [1.82, 2.24) is 9.55 Å². The first-order valence-corrected chi connectivity index (χ1v) is 5.89. The van der Waals surface area contributed by atoms with Gasteiger partial charge in [-0.05, 0) is 18.8 Å². The topological polar surface area (TPSA) is 43.8 Å². The summed E-state index contributed by atoms with van der Waals surface area (Å²) in [4.78, 5) is 4.23. The molecule has 2 N–H and O–H groups in total. The number of aromatic nitrogens is 2. The Balaban J connectivity index is 2.97. The van der Waals surface area contributed by atoms with E-state index in [4.69, 9.17) is 5.73 Å². The summed E-state index contributed by atoms with van der Waals surface area (Å²) >= 11 is 0. The molecule has 0 fully saturated rings. The quantitative estimate of drug-likeness (QED) is 0.810. The van der Waals surface area contributed by atoms with E-state index in [1.54, 1.807) is 0 Å². The average molecular weight is 209 g/mol. The van der Waals surface area contributed by atoms with Gasteiger partial charge in [0.15, 0.2) is 0 Å². The molecular weight excluding hydrogens is 186 g/mol. The molecule has 2 atom stereocenters. The third-order valence-corrected chi connectivity index (χ3v) is 3.06. The van der Waals surface area contributed by atoms with E-state index in [-0.39, 0.29) is 6.04 Å². The smallest absolute Gasteiger partial charge is 0.0951 e. The van der Waals surface area contributed by atoms with Crippen LogP contribution in [0.5, 0.6) is 0 Å². The van der Waals surface area contributed by atoms with Gasteiger partial charge in [-0.2, -0.15) is 0 Å².